The molecule has 1 rings (SSSR count). The van der Waals surface area contributed by atoms with Gasteiger partial charge in [-0.1, -0.05) is 27.7 Å². The van der Waals surface area contributed by atoms with E-state index in [0.717, 1.165) is 44.1 Å². The molecule has 0 spiro atoms. The molecule has 1 saturated heterocycles. The summed E-state index contributed by atoms with van der Waals surface area (Å²) in [5, 5.41) is 8.51. The Labute approximate surface area is 125 Å². The average molecular weight is 298 g/mol. The van der Waals surface area contributed by atoms with E-state index in [4.69, 9.17) is 11.1 Å². The monoisotopic (exact) mass is 298 g/mol. The zero-order valence-electron chi connectivity index (χ0n) is 12.9. The number of amidine groups is 1. The molecule has 1 aliphatic heterocycles. The largest absolute Gasteiger partial charge is 0.378 e. The summed E-state index contributed by atoms with van der Waals surface area (Å²) in [6, 6.07) is -0.127. The Morgan fingerprint density at radius 3 is 2.70 bits per heavy atom. The summed E-state index contributed by atoms with van der Waals surface area (Å²) in [6.07, 6.45) is 2.93. The Balaban J connectivity index is 2.63. The quantitative estimate of drug-likeness (QED) is 0.619. The minimum atomic E-state index is -0.268. The molecule has 0 bridgehead atoms. The fourth-order valence-electron chi connectivity index (χ4n) is 2.12. The Bertz CT molecular complexity index is 400. The number of carbonyl (C=O) groups is 1. The van der Waals surface area contributed by atoms with Crippen LogP contribution in [0.1, 0.15) is 47.0 Å². The number of rotatable bonds is 3. The fraction of sp³-hybridized carbons (Fsp3) is 0.786. The van der Waals surface area contributed by atoms with Crippen LogP contribution in [0.25, 0.3) is 0 Å². The van der Waals surface area contributed by atoms with E-state index in [-0.39, 0.29) is 22.5 Å². The smallest absolute Gasteiger partial charge is 0.265 e. The van der Waals surface area contributed by atoms with Crippen molar-refractivity contribution in [1.82, 2.24) is 4.90 Å². The Morgan fingerprint density at radius 2 is 2.15 bits per heavy atom. The molecule has 0 aromatic carbocycles. The number of thioether (sulfide) groups is 1. The predicted molar refractivity (Wildman–Crippen MR) is 86.3 cm³/mol. The molecule has 0 aliphatic carbocycles. The molecule has 1 amide bonds. The van der Waals surface area contributed by atoms with Crippen LogP contribution >= 0.6 is 11.8 Å². The van der Waals surface area contributed by atoms with E-state index in [9.17, 15) is 4.79 Å². The van der Waals surface area contributed by atoms with Crippen molar-refractivity contribution in [2.45, 2.75) is 53.0 Å². The van der Waals surface area contributed by atoms with Gasteiger partial charge in [0.05, 0.1) is 11.1 Å². The lowest BCUT2D eigenvalue weighted by molar-refractivity contribution is -0.122. The van der Waals surface area contributed by atoms with E-state index in [1.165, 1.54) is 0 Å². The minimum Gasteiger partial charge on any atom is -0.378 e. The zero-order chi connectivity index (χ0) is 15.3. The number of hydrogen-bond acceptors (Lipinski definition) is 4. The van der Waals surface area contributed by atoms with Gasteiger partial charge < -0.3 is 5.73 Å². The molecule has 1 unspecified atom stereocenters. The summed E-state index contributed by atoms with van der Waals surface area (Å²) < 4.78 is 0. The molecule has 1 atom stereocenters. The first-order valence-electron chi connectivity index (χ1n) is 7.14. The number of carbonyl (C=O) groups excluding carboxylic acids is 1. The first-order valence-corrected chi connectivity index (χ1v) is 7.96. The minimum absolute atomic E-state index is 0.127. The van der Waals surface area contributed by atoms with E-state index in [1.54, 1.807) is 0 Å². The van der Waals surface area contributed by atoms with E-state index < -0.39 is 0 Å². The zero-order valence-corrected chi connectivity index (χ0v) is 13.7. The van der Waals surface area contributed by atoms with Crippen LogP contribution < -0.4 is 5.73 Å². The molecule has 1 fully saturated rings. The van der Waals surface area contributed by atoms with Gasteiger partial charge in [0.25, 0.3) is 5.91 Å². The van der Waals surface area contributed by atoms with Gasteiger partial charge in [0.1, 0.15) is 0 Å². The van der Waals surface area contributed by atoms with Crippen LogP contribution in [-0.4, -0.2) is 40.1 Å². The molecule has 0 aromatic rings. The first-order chi connectivity index (χ1) is 9.25. The van der Waals surface area contributed by atoms with Crippen LogP contribution in [0.4, 0.5) is 0 Å². The number of aliphatic imine (C=N–C) groups is 1. The summed E-state index contributed by atoms with van der Waals surface area (Å²) in [7, 11) is 0. The molecule has 3 N–H and O–H groups in total. The number of likely N-dealkylation sites (tertiary alicyclic amines) is 1. The summed E-state index contributed by atoms with van der Waals surface area (Å²) in [4.78, 5) is 18.3. The van der Waals surface area contributed by atoms with E-state index in [0.29, 0.717) is 5.04 Å². The standard InChI is InChI=1S/C14H26N4OS/c1-5-8-18-9-6-7-10(18)11(19)17-13(16)20-12(15)14(2,3)4/h10,15H,5-9H2,1-4H3,(H2,16,17,19). The molecular formula is C14H26N4OS. The van der Waals surface area contributed by atoms with Crippen molar-refractivity contribution in [3.8, 4) is 0 Å². The lowest BCUT2D eigenvalue weighted by Gasteiger charge is -2.21. The maximum atomic E-state index is 12.2. The second-order valence-corrected chi connectivity index (χ2v) is 7.19. The SMILES string of the molecule is CCCN1CCCC1C(=O)N=C(N)SC(=N)C(C)(C)C. The van der Waals surface area contributed by atoms with Gasteiger partial charge in [-0.2, -0.15) is 4.99 Å². The highest BCUT2D eigenvalue weighted by Crippen LogP contribution is 2.24. The number of nitrogens with zero attached hydrogens (tertiary/aromatic N) is 2. The van der Waals surface area contributed by atoms with Crippen LogP contribution in [0.15, 0.2) is 4.99 Å². The van der Waals surface area contributed by atoms with Crippen LogP contribution in [0.5, 0.6) is 0 Å². The molecule has 114 valence electrons. The molecule has 6 heteroatoms. The number of nitrogens with two attached hydrogens (primary N) is 1. The maximum absolute atomic E-state index is 12.2. The molecule has 0 saturated carbocycles. The van der Waals surface area contributed by atoms with Gasteiger partial charge in [0, 0.05) is 5.41 Å². The molecule has 1 aliphatic rings. The van der Waals surface area contributed by atoms with E-state index in [1.807, 2.05) is 20.8 Å². The molecular weight excluding hydrogens is 272 g/mol. The van der Waals surface area contributed by atoms with Crippen molar-refractivity contribution in [2.24, 2.45) is 16.1 Å². The van der Waals surface area contributed by atoms with Crippen molar-refractivity contribution in [2.75, 3.05) is 13.1 Å². The molecule has 0 aromatic heterocycles. The van der Waals surface area contributed by atoms with E-state index in [2.05, 4.69) is 16.8 Å². The van der Waals surface area contributed by atoms with Gasteiger partial charge in [0.2, 0.25) is 0 Å². The normalized spacial score (nSPS) is 21.2. The Kier molecular flexibility index (Phi) is 6.20. The lowest BCUT2D eigenvalue weighted by Crippen LogP contribution is -2.36. The highest BCUT2D eigenvalue weighted by Gasteiger charge is 2.30. The first kappa shape index (κ1) is 17.2. The summed E-state index contributed by atoms with van der Waals surface area (Å²) in [5.41, 5.74) is 5.52. The number of nitrogens with one attached hydrogen (secondary N) is 1. The highest BCUT2D eigenvalue weighted by molar-refractivity contribution is 8.26. The summed E-state index contributed by atoms with van der Waals surface area (Å²) >= 11 is 1.08. The predicted octanol–water partition coefficient (Wildman–Crippen LogP) is 2.46. The van der Waals surface area contributed by atoms with Crippen LogP contribution in [0.3, 0.4) is 0 Å². The molecule has 5 nitrogen and oxygen atoms in total. The molecule has 20 heavy (non-hydrogen) atoms. The van der Waals surface area contributed by atoms with Crippen LogP contribution in [0, 0.1) is 10.8 Å². The second kappa shape index (κ2) is 7.22. The van der Waals surface area contributed by atoms with Crippen molar-refractivity contribution in [3.05, 3.63) is 0 Å². The van der Waals surface area contributed by atoms with Gasteiger partial charge in [0.15, 0.2) is 5.17 Å². The topological polar surface area (TPSA) is 82.5 Å². The third kappa shape index (κ3) is 4.90. The van der Waals surface area contributed by atoms with Crippen molar-refractivity contribution in [3.63, 3.8) is 0 Å². The highest BCUT2D eigenvalue weighted by atomic mass is 32.2. The third-order valence-corrected chi connectivity index (χ3v) is 4.38. The number of hydrogen-bond donors (Lipinski definition) is 2. The van der Waals surface area contributed by atoms with Crippen molar-refractivity contribution in [1.29, 1.82) is 5.41 Å². The van der Waals surface area contributed by atoms with Gasteiger partial charge in [-0.3, -0.25) is 15.1 Å². The summed E-state index contributed by atoms with van der Waals surface area (Å²) in [6.45, 7) is 9.82. The van der Waals surface area contributed by atoms with Crippen LogP contribution in [-0.2, 0) is 4.79 Å². The van der Waals surface area contributed by atoms with E-state index >= 15 is 0 Å². The third-order valence-electron chi connectivity index (χ3n) is 3.27. The fourth-order valence-corrected chi connectivity index (χ4v) is 2.78. The number of amides is 1. The van der Waals surface area contributed by atoms with Crippen molar-refractivity contribution < 1.29 is 4.79 Å². The summed E-state index contributed by atoms with van der Waals surface area (Å²) in [5.74, 6) is -0.164. The molecule has 0 radical (unpaired) electrons. The van der Waals surface area contributed by atoms with Gasteiger partial charge in [-0.25, -0.2) is 0 Å². The maximum Gasteiger partial charge on any atom is 0.265 e. The lowest BCUT2D eigenvalue weighted by atomic mass is 9.99. The Morgan fingerprint density at radius 1 is 1.50 bits per heavy atom. The van der Waals surface area contributed by atoms with Crippen LogP contribution in [0.2, 0.25) is 0 Å². The average Bonchev–Trinajstić information content (AvgIpc) is 2.76. The Hall–Kier alpha value is -0.880. The molecule has 1 heterocycles. The van der Waals surface area contributed by atoms with Crippen molar-refractivity contribution >= 4 is 27.9 Å². The van der Waals surface area contributed by atoms with Gasteiger partial charge >= 0.3 is 0 Å². The van der Waals surface area contributed by atoms with Gasteiger partial charge in [-0.05, 0) is 44.1 Å². The second-order valence-electron chi connectivity index (χ2n) is 6.16. The van der Waals surface area contributed by atoms with Gasteiger partial charge in [-0.15, -0.1) is 0 Å².